The summed E-state index contributed by atoms with van der Waals surface area (Å²) in [5.41, 5.74) is 0. The van der Waals surface area contributed by atoms with Crippen molar-refractivity contribution >= 4 is 5.91 Å². The number of carbonyl (C=O) groups excluding carboxylic acids is 1. The summed E-state index contributed by atoms with van der Waals surface area (Å²) in [5, 5.41) is 0. The lowest BCUT2D eigenvalue weighted by Crippen LogP contribution is -2.48. The highest BCUT2D eigenvalue weighted by molar-refractivity contribution is 5.76. The molecule has 0 aromatic heterocycles. The Bertz CT molecular complexity index is 266. The Morgan fingerprint density at radius 1 is 1.22 bits per heavy atom. The van der Waals surface area contributed by atoms with Gasteiger partial charge in [-0.2, -0.15) is 0 Å². The fourth-order valence-electron chi connectivity index (χ4n) is 3.12. The van der Waals surface area contributed by atoms with E-state index in [1.807, 2.05) is 0 Å². The molecule has 0 spiro atoms. The molecule has 0 radical (unpaired) electrons. The molecule has 0 aliphatic carbocycles. The second kappa shape index (κ2) is 6.55. The van der Waals surface area contributed by atoms with Gasteiger partial charge in [0.15, 0.2) is 0 Å². The quantitative estimate of drug-likeness (QED) is 0.750. The summed E-state index contributed by atoms with van der Waals surface area (Å²) >= 11 is 0. The molecule has 2 rings (SSSR count). The van der Waals surface area contributed by atoms with Crippen LogP contribution in [0.4, 0.5) is 0 Å². The van der Waals surface area contributed by atoms with Crippen molar-refractivity contribution in [1.29, 1.82) is 0 Å². The Morgan fingerprint density at radius 2 is 1.89 bits per heavy atom. The van der Waals surface area contributed by atoms with Crippen LogP contribution in [0.2, 0.25) is 0 Å². The standard InChI is InChI=1S/C15H28N2O/c1-3-4-14-11-16(12-14)8-7-15(18)17-9-5-13(2)6-10-17/h13-14H,3-12H2,1-2H3. The fourth-order valence-corrected chi connectivity index (χ4v) is 3.12. The van der Waals surface area contributed by atoms with Crippen molar-refractivity contribution in [1.82, 2.24) is 9.80 Å². The van der Waals surface area contributed by atoms with E-state index in [0.29, 0.717) is 5.91 Å². The number of amides is 1. The van der Waals surface area contributed by atoms with Crippen molar-refractivity contribution in [3.63, 3.8) is 0 Å². The monoisotopic (exact) mass is 252 g/mol. The van der Waals surface area contributed by atoms with Crippen molar-refractivity contribution < 1.29 is 4.79 Å². The lowest BCUT2D eigenvalue weighted by Gasteiger charge is -2.39. The number of hydrogen-bond donors (Lipinski definition) is 0. The van der Waals surface area contributed by atoms with Gasteiger partial charge in [0.2, 0.25) is 5.91 Å². The van der Waals surface area contributed by atoms with Crippen molar-refractivity contribution in [3.05, 3.63) is 0 Å². The van der Waals surface area contributed by atoms with Crippen LogP contribution < -0.4 is 0 Å². The molecular weight excluding hydrogens is 224 g/mol. The Balaban J connectivity index is 1.58. The zero-order valence-corrected chi connectivity index (χ0v) is 12.0. The van der Waals surface area contributed by atoms with Crippen molar-refractivity contribution in [2.45, 2.75) is 46.0 Å². The third kappa shape index (κ3) is 3.71. The van der Waals surface area contributed by atoms with Crippen LogP contribution in [0, 0.1) is 11.8 Å². The molecule has 3 heteroatoms. The van der Waals surface area contributed by atoms with E-state index in [4.69, 9.17) is 0 Å². The molecule has 0 atom stereocenters. The van der Waals surface area contributed by atoms with Gasteiger partial charge in [-0.05, 0) is 31.1 Å². The van der Waals surface area contributed by atoms with E-state index in [1.54, 1.807) is 0 Å². The van der Waals surface area contributed by atoms with Gasteiger partial charge in [-0.15, -0.1) is 0 Å². The zero-order chi connectivity index (χ0) is 13.0. The third-order valence-electron chi connectivity index (χ3n) is 4.51. The fraction of sp³-hybridized carbons (Fsp3) is 0.933. The summed E-state index contributed by atoms with van der Waals surface area (Å²) in [5.74, 6) is 2.08. The van der Waals surface area contributed by atoms with Crippen molar-refractivity contribution in [3.8, 4) is 0 Å². The van der Waals surface area contributed by atoms with Crippen LogP contribution in [-0.2, 0) is 4.79 Å². The first-order chi connectivity index (χ1) is 8.69. The predicted octanol–water partition coefficient (Wildman–Crippen LogP) is 2.37. The molecule has 0 bridgehead atoms. The molecule has 0 N–H and O–H groups in total. The van der Waals surface area contributed by atoms with E-state index in [1.165, 1.54) is 38.8 Å². The maximum absolute atomic E-state index is 12.1. The van der Waals surface area contributed by atoms with Crippen molar-refractivity contribution in [2.75, 3.05) is 32.7 Å². The molecule has 0 unspecified atom stereocenters. The Labute approximate surface area is 112 Å². The molecule has 104 valence electrons. The number of likely N-dealkylation sites (tertiary alicyclic amines) is 2. The molecule has 0 aromatic rings. The molecule has 18 heavy (non-hydrogen) atoms. The average molecular weight is 252 g/mol. The molecule has 0 saturated carbocycles. The number of rotatable bonds is 5. The SMILES string of the molecule is CCCC1CN(CCC(=O)N2CCC(C)CC2)C1. The van der Waals surface area contributed by atoms with Gasteiger partial charge in [-0.3, -0.25) is 4.79 Å². The van der Waals surface area contributed by atoms with Crippen LogP contribution in [0.3, 0.4) is 0 Å². The molecule has 2 heterocycles. The zero-order valence-electron chi connectivity index (χ0n) is 12.0. The molecule has 2 aliphatic rings. The highest BCUT2D eigenvalue weighted by atomic mass is 16.2. The molecule has 3 nitrogen and oxygen atoms in total. The summed E-state index contributed by atoms with van der Waals surface area (Å²) in [4.78, 5) is 16.6. The van der Waals surface area contributed by atoms with Crippen LogP contribution in [0.1, 0.15) is 46.0 Å². The van der Waals surface area contributed by atoms with E-state index in [9.17, 15) is 4.79 Å². The smallest absolute Gasteiger partial charge is 0.223 e. The van der Waals surface area contributed by atoms with Gasteiger partial charge in [0.05, 0.1) is 0 Å². The van der Waals surface area contributed by atoms with E-state index < -0.39 is 0 Å². The Morgan fingerprint density at radius 3 is 2.50 bits per heavy atom. The van der Waals surface area contributed by atoms with Gasteiger partial charge in [0.1, 0.15) is 0 Å². The number of nitrogens with zero attached hydrogens (tertiary/aromatic N) is 2. The summed E-state index contributed by atoms with van der Waals surface area (Å²) in [6.45, 7) is 9.93. The lowest BCUT2D eigenvalue weighted by atomic mass is 9.95. The summed E-state index contributed by atoms with van der Waals surface area (Å²) in [7, 11) is 0. The predicted molar refractivity (Wildman–Crippen MR) is 74.4 cm³/mol. The summed E-state index contributed by atoms with van der Waals surface area (Å²) < 4.78 is 0. The highest BCUT2D eigenvalue weighted by Gasteiger charge is 2.27. The van der Waals surface area contributed by atoms with E-state index >= 15 is 0 Å². The van der Waals surface area contributed by atoms with Gasteiger partial charge in [-0.1, -0.05) is 20.3 Å². The summed E-state index contributed by atoms with van der Waals surface area (Å²) in [6.07, 6.45) is 5.76. The number of hydrogen-bond acceptors (Lipinski definition) is 2. The van der Waals surface area contributed by atoms with Crippen LogP contribution in [0.15, 0.2) is 0 Å². The maximum Gasteiger partial charge on any atom is 0.223 e. The summed E-state index contributed by atoms with van der Waals surface area (Å²) in [6, 6.07) is 0. The van der Waals surface area contributed by atoms with Gasteiger partial charge in [0, 0.05) is 39.1 Å². The normalized spacial score (nSPS) is 23.1. The minimum absolute atomic E-state index is 0.376. The average Bonchev–Trinajstić information content (AvgIpc) is 2.32. The van der Waals surface area contributed by atoms with Gasteiger partial charge >= 0.3 is 0 Å². The van der Waals surface area contributed by atoms with E-state index in [2.05, 4.69) is 23.6 Å². The number of carbonyl (C=O) groups is 1. The minimum atomic E-state index is 0.376. The third-order valence-corrected chi connectivity index (χ3v) is 4.51. The maximum atomic E-state index is 12.1. The van der Waals surface area contributed by atoms with Crippen LogP contribution in [-0.4, -0.2) is 48.4 Å². The van der Waals surface area contributed by atoms with Crippen LogP contribution in [0.5, 0.6) is 0 Å². The molecule has 2 aliphatic heterocycles. The molecular formula is C15H28N2O. The molecule has 2 fully saturated rings. The largest absolute Gasteiger partial charge is 0.343 e. The molecule has 0 aromatic carbocycles. The highest BCUT2D eigenvalue weighted by Crippen LogP contribution is 2.21. The van der Waals surface area contributed by atoms with Gasteiger partial charge in [0.25, 0.3) is 0 Å². The van der Waals surface area contributed by atoms with Gasteiger partial charge in [-0.25, -0.2) is 0 Å². The van der Waals surface area contributed by atoms with E-state index in [0.717, 1.165) is 37.9 Å². The van der Waals surface area contributed by atoms with Crippen LogP contribution >= 0.6 is 0 Å². The topological polar surface area (TPSA) is 23.6 Å². The van der Waals surface area contributed by atoms with Crippen molar-refractivity contribution in [2.24, 2.45) is 11.8 Å². The first-order valence-corrected chi connectivity index (χ1v) is 7.69. The number of piperidine rings is 1. The molecule has 1 amide bonds. The Hall–Kier alpha value is -0.570. The van der Waals surface area contributed by atoms with E-state index in [-0.39, 0.29) is 0 Å². The second-order valence-electron chi connectivity index (χ2n) is 6.23. The Kier molecular flexibility index (Phi) is 5.04. The first kappa shape index (κ1) is 13.9. The minimum Gasteiger partial charge on any atom is -0.343 e. The van der Waals surface area contributed by atoms with Crippen LogP contribution in [0.25, 0.3) is 0 Å². The van der Waals surface area contributed by atoms with Gasteiger partial charge < -0.3 is 9.80 Å². The first-order valence-electron chi connectivity index (χ1n) is 7.69. The lowest BCUT2D eigenvalue weighted by molar-refractivity contribution is -0.133. The second-order valence-corrected chi connectivity index (χ2v) is 6.23. The molecule has 2 saturated heterocycles.